The first-order valence-electron chi connectivity index (χ1n) is 6.79. The molecule has 0 saturated heterocycles. The van der Waals surface area contributed by atoms with E-state index in [1.54, 1.807) is 0 Å². The number of hydrogen-bond acceptors (Lipinski definition) is 4. The second kappa shape index (κ2) is 7.20. The molecule has 0 aliphatic carbocycles. The Hall–Kier alpha value is -2.78. The van der Waals surface area contributed by atoms with Crippen LogP contribution in [0.5, 0.6) is 17.4 Å². The monoisotopic (exact) mass is 349 g/mol. The minimum atomic E-state index is -1.67. The summed E-state index contributed by atoms with van der Waals surface area (Å²) in [6.45, 7) is 2.87. The molecule has 0 fully saturated rings. The maximum absolute atomic E-state index is 13.6. The molecular weight excluding hydrogens is 337 g/mol. The number of hydrogen-bond donors (Lipinski definition) is 1. The summed E-state index contributed by atoms with van der Waals surface area (Å²) in [6.07, 6.45) is 1.26. The molecule has 0 aliphatic heterocycles. The summed E-state index contributed by atoms with van der Waals surface area (Å²) >= 11 is 5.62. The lowest BCUT2D eigenvalue weighted by molar-refractivity contribution is -0.149. The summed E-state index contributed by atoms with van der Waals surface area (Å²) in [4.78, 5) is 15.0. The third kappa shape index (κ3) is 4.15. The molecule has 2 rings (SSSR count). The zero-order valence-electron chi connectivity index (χ0n) is 12.8. The van der Waals surface area contributed by atoms with Gasteiger partial charge >= 0.3 is 5.97 Å². The highest BCUT2D eigenvalue weighted by Gasteiger charge is 2.33. The van der Waals surface area contributed by atoms with E-state index in [1.807, 2.05) is 0 Å². The molecule has 1 heterocycles. The lowest BCUT2D eigenvalue weighted by Crippen LogP contribution is -2.39. The molecule has 7 heteroatoms. The lowest BCUT2D eigenvalue weighted by atomic mass is 10.1. The van der Waals surface area contributed by atoms with Crippen molar-refractivity contribution in [1.82, 2.24) is 4.98 Å². The highest BCUT2D eigenvalue weighted by molar-refractivity contribution is 6.30. The maximum atomic E-state index is 13.6. The van der Waals surface area contributed by atoms with E-state index in [0.717, 1.165) is 6.07 Å². The Morgan fingerprint density at radius 3 is 2.50 bits per heavy atom. The number of ether oxygens (including phenoxy) is 2. The van der Waals surface area contributed by atoms with Crippen LogP contribution < -0.4 is 9.47 Å². The predicted octanol–water partition coefficient (Wildman–Crippen LogP) is 3.91. The van der Waals surface area contributed by atoms with Crippen LogP contribution in [0.15, 0.2) is 36.5 Å². The molecule has 1 aromatic carbocycles. The van der Waals surface area contributed by atoms with Crippen molar-refractivity contribution in [2.45, 2.75) is 19.4 Å². The van der Waals surface area contributed by atoms with Gasteiger partial charge in [-0.3, -0.25) is 0 Å². The summed E-state index contributed by atoms with van der Waals surface area (Å²) in [7, 11) is 0. The van der Waals surface area contributed by atoms with Crippen molar-refractivity contribution in [2.24, 2.45) is 0 Å². The number of benzene rings is 1. The van der Waals surface area contributed by atoms with Crippen molar-refractivity contribution < 1.29 is 23.8 Å². The lowest BCUT2D eigenvalue weighted by Gasteiger charge is -2.20. The van der Waals surface area contributed by atoms with Gasteiger partial charge in [0.2, 0.25) is 0 Å². The van der Waals surface area contributed by atoms with E-state index in [-0.39, 0.29) is 16.7 Å². The second-order valence-electron chi connectivity index (χ2n) is 4.83. The van der Waals surface area contributed by atoms with Crippen molar-refractivity contribution in [3.05, 3.63) is 47.4 Å². The van der Waals surface area contributed by atoms with Crippen molar-refractivity contribution >= 4 is 17.6 Å². The average molecular weight is 350 g/mol. The van der Waals surface area contributed by atoms with Crippen LogP contribution in [0, 0.1) is 17.7 Å². The normalized spacial score (nSPS) is 12.5. The predicted molar refractivity (Wildman–Crippen MR) is 85.8 cm³/mol. The summed E-state index contributed by atoms with van der Waals surface area (Å²) in [5.41, 5.74) is -1.67. The van der Waals surface area contributed by atoms with Crippen LogP contribution >= 0.6 is 11.6 Å². The molecule has 0 bridgehead atoms. The Labute approximate surface area is 143 Å². The molecule has 1 aromatic heterocycles. The van der Waals surface area contributed by atoms with Crippen molar-refractivity contribution in [1.29, 1.82) is 0 Å². The highest BCUT2D eigenvalue weighted by atomic mass is 35.5. The first-order valence-corrected chi connectivity index (χ1v) is 7.17. The fourth-order valence-electron chi connectivity index (χ4n) is 1.76. The number of nitrogens with zero attached hydrogens (tertiary/aromatic N) is 1. The molecule has 24 heavy (non-hydrogen) atoms. The molecule has 0 spiro atoms. The third-order valence-electron chi connectivity index (χ3n) is 2.91. The summed E-state index contributed by atoms with van der Waals surface area (Å²) in [6, 6.07) is 7.05. The van der Waals surface area contributed by atoms with Gasteiger partial charge in [0.25, 0.3) is 11.5 Å². The van der Waals surface area contributed by atoms with Crippen LogP contribution in [-0.2, 0) is 4.79 Å². The first-order chi connectivity index (χ1) is 11.3. The molecule has 1 unspecified atom stereocenters. The van der Waals surface area contributed by atoms with Crippen molar-refractivity contribution in [3.8, 4) is 29.2 Å². The molecule has 1 atom stereocenters. The van der Waals surface area contributed by atoms with Crippen LogP contribution in [0.25, 0.3) is 0 Å². The smallest absolute Gasteiger partial charge is 0.360 e. The van der Waals surface area contributed by atoms with Crippen LogP contribution in [0.3, 0.4) is 0 Å². The zero-order valence-corrected chi connectivity index (χ0v) is 13.6. The Morgan fingerprint density at radius 1 is 1.33 bits per heavy atom. The molecule has 2 aromatic rings. The standard InChI is InChI=1S/C17H13ClFNO4/c1-3-8-17(2,16(21)22)24-13-6-4-12(5-7-13)23-15-14(19)9-11(18)10-20-15/h4-7,9-10H,1-2H3,(H,21,22). The van der Waals surface area contributed by atoms with Gasteiger partial charge in [0, 0.05) is 6.20 Å². The molecule has 124 valence electrons. The fourth-order valence-corrected chi connectivity index (χ4v) is 1.91. The molecule has 1 N–H and O–H groups in total. The van der Waals surface area contributed by atoms with E-state index in [4.69, 9.17) is 21.1 Å². The van der Waals surface area contributed by atoms with Gasteiger partial charge in [-0.2, -0.15) is 0 Å². The van der Waals surface area contributed by atoms with Crippen molar-refractivity contribution in [3.63, 3.8) is 0 Å². The first kappa shape index (κ1) is 17.6. The zero-order chi connectivity index (χ0) is 17.7. The van der Waals surface area contributed by atoms with E-state index in [0.29, 0.717) is 5.75 Å². The molecule has 0 amide bonds. The minimum absolute atomic E-state index is 0.161. The topological polar surface area (TPSA) is 68.7 Å². The summed E-state index contributed by atoms with van der Waals surface area (Å²) < 4.78 is 24.3. The molecular formula is C17H13ClFNO4. The average Bonchev–Trinajstić information content (AvgIpc) is 2.52. The van der Waals surface area contributed by atoms with Crippen molar-refractivity contribution in [2.75, 3.05) is 0 Å². The Kier molecular flexibility index (Phi) is 5.27. The Bertz CT molecular complexity index is 814. The van der Waals surface area contributed by atoms with Gasteiger partial charge < -0.3 is 14.6 Å². The number of aromatic nitrogens is 1. The number of halogens is 2. The second-order valence-corrected chi connectivity index (χ2v) is 5.27. The van der Waals surface area contributed by atoms with Gasteiger partial charge in [-0.25, -0.2) is 14.2 Å². The summed E-state index contributed by atoms with van der Waals surface area (Å²) in [5, 5.41) is 9.38. The number of aliphatic carboxylic acids is 1. The highest BCUT2D eigenvalue weighted by Crippen LogP contribution is 2.27. The van der Waals surface area contributed by atoms with Gasteiger partial charge in [0.1, 0.15) is 11.5 Å². The minimum Gasteiger partial charge on any atom is -0.478 e. The quantitative estimate of drug-likeness (QED) is 0.829. The largest absolute Gasteiger partial charge is 0.478 e. The number of carboxylic acids is 1. The van der Waals surface area contributed by atoms with Crippen LogP contribution in [0.1, 0.15) is 13.8 Å². The molecule has 0 saturated carbocycles. The van der Waals surface area contributed by atoms with Crippen LogP contribution in [0.4, 0.5) is 4.39 Å². The fraction of sp³-hybridized carbons (Fsp3) is 0.176. The third-order valence-corrected chi connectivity index (χ3v) is 3.11. The number of carbonyl (C=O) groups is 1. The van der Waals surface area contributed by atoms with Gasteiger partial charge in [-0.05, 0) is 50.1 Å². The number of pyridine rings is 1. The van der Waals surface area contributed by atoms with Crippen LogP contribution in [-0.4, -0.2) is 21.7 Å². The van der Waals surface area contributed by atoms with E-state index >= 15 is 0 Å². The van der Waals surface area contributed by atoms with Gasteiger partial charge in [-0.15, -0.1) is 5.92 Å². The molecule has 0 aliphatic rings. The van der Waals surface area contributed by atoms with E-state index in [1.165, 1.54) is 44.3 Å². The van der Waals surface area contributed by atoms with Gasteiger partial charge in [-0.1, -0.05) is 11.6 Å². The SMILES string of the molecule is CC#CC(C)(Oc1ccc(Oc2ncc(Cl)cc2F)cc1)C(=O)O. The number of carboxylic acid groups (broad SMARTS) is 1. The van der Waals surface area contributed by atoms with E-state index in [2.05, 4.69) is 16.8 Å². The van der Waals surface area contributed by atoms with E-state index < -0.39 is 17.4 Å². The maximum Gasteiger partial charge on any atom is 0.360 e. The number of rotatable bonds is 5. The molecule has 5 nitrogen and oxygen atoms in total. The van der Waals surface area contributed by atoms with Gasteiger partial charge in [0.15, 0.2) is 5.82 Å². The Morgan fingerprint density at radius 2 is 1.96 bits per heavy atom. The molecule has 0 radical (unpaired) electrons. The Balaban J connectivity index is 2.15. The van der Waals surface area contributed by atoms with Gasteiger partial charge in [0.05, 0.1) is 5.02 Å². The van der Waals surface area contributed by atoms with Crippen LogP contribution in [0.2, 0.25) is 5.02 Å². The van der Waals surface area contributed by atoms with E-state index in [9.17, 15) is 14.3 Å². The summed E-state index contributed by atoms with van der Waals surface area (Å²) in [5.74, 6) is 3.48.